The minimum Gasteiger partial charge on any atom is -0.490 e. The van der Waals surface area contributed by atoms with E-state index in [0.717, 1.165) is 55.3 Å². The summed E-state index contributed by atoms with van der Waals surface area (Å²) in [6, 6.07) is 15.1. The Morgan fingerprint density at radius 2 is 1.94 bits per heavy atom. The van der Waals surface area contributed by atoms with E-state index in [2.05, 4.69) is 40.8 Å². The molecule has 1 heterocycles. The fourth-order valence-electron chi connectivity index (χ4n) is 7.54. The number of hydrogen-bond acceptors (Lipinski definition) is 5. The Kier molecular flexibility index (Phi) is 11.1. The maximum Gasteiger partial charge on any atom is 0.263 e. The van der Waals surface area contributed by atoms with Gasteiger partial charge in [-0.2, -0.15) is 0 Å². The first-order valence-electron chi connectivity index (χ1n) is 17.3. The normalized spacial score (nSPS) is 23.0. The molecule has 10 heteroatoms. The zero-order valence-electron chi connectivity index (χ0n) is 28.4. The molecule has 1 saturated carbocycles. The number of amides is 1. The van der Waals surface area contributed by atoms with Crippen LogP contribution in [0.25, 0.3) is 0 Å². The molecule has 0 bridgehead atoms. The van der Waals surface area contributed by atoms with E-state index in [0.29, 0.717) is 36.6 Å². The summed E-state index contributed by atoms with van der Waals surface area (Å²) in [6.45, 7) is 7.68. The Hall–Kier alpha value is -3.27. The molecular formula is C39H45ClF2N2O4S. The van der Waals surface area contributed by atoms with Crippen molar-refractivity contribution in [2.75, 3.05) is 24.6 Å². The number of fused-ring (bicyclic) bond motifs is 3. The van der Waals surface area contributed by atoms with Gasteiger partial charge in [-0.1, -0.05) is 36.7 Å². The lowest BCUT2D eigenvalue weighted by Crippen LogP contribution is -2.49. The van der Waals surface area contributed by atoms with Crippen LogP contribution in [0, 0.1) is 23.5 Å². The maximum atomic E-state index is 13.9. The maximum absolute atomic E-state index is 13.9. The molecule has 6 nitrogen and oxygen atoms in total. The molecule has 6 rings (SSSR count). The molecule has 5 atom stereocenters. The number of halogens is 3. The van der Waals surface area contributed by atoms with Gasteiger partial charge in [0.25, 0.3) is 5.91 Å². The molecule has 3 aromatic rings. The number of benzene rings is 3. The van der Waals surface area contributed by atoms with Gasteiger partial charge in [-0.05, 0) is 123 Å². The third-order valence-corrected chi connectivity index (χ3v) is 11.7. The number of nitrogens with one attached hydrogen (secondary N) is 1. The predicted octanol–water partition coefficient (Wildman–Crippen LogP) is 8.47. The molecule has 49 heavy (non-hydrogen) atoms. The average Bonchev–Trinajstić information content (AvgIpc) is 3.20. The number of carbonyl (C=O) groups is 1. The largest absolute Gasteiger partial charge is 0.490 e. The molecule has 3 aromatic carbocycles. The quantitative estimate of drug-likeness (QED) is 0.202. The van der Waals surface area contributed by atoms with Crippen LogP contribution in [0.5, 0.6) is 5.75 Å². The van der Waals surface area contributed by atoms with Gasteiger partial charge in [-0.3, -0.25) is 9.52 Å². The molecule has 262 valence electrons. The third kappa shape index (κ3) is 8.05. The number of nitrogens with zero attached hydrogens (tertiary/aromatic N) is 1. The molecule has 1 aliphatic heterocycles. The van der Waals surface area contributed by atoms with Crippen molar-refractivity contribution in [1.29, 1.82) is 0 Å². The lowest BCUT2D eigenvalue weighted by atomic mass is 9.68. The summed E-state index contributed by atoms with van der Waals surface area (Å²) in [7, 11) is -1.50. The van der Waals surface area contributed by atoms with E-state index in [1.165, 1.54) is 23.3 Å². The Bertz CT molecular complexity index is 1710. The number of anilines is 1. The number of rotatable bonds is 11. The highest BCUT2D eigenvalue weighted by atomic mass is 35.5. The number of aryl methyl sites for hydroxylation is 1. The second kappa shape index (κ2) is 15.3. The Balaban J connectivity index is 1.31. The van der Waals surface area contributed by atoms with Crippen LogP contribution >= 0.6 is 11.6 Å². The van der Waals surface area contributed by atoms with Crippen molar-refractivity contribution in [2.24, 2.45) is 11.8 Å². The second-order valence-corrected chi connectivity index (χ2v) is 16.1. The van der Waals surface area contributed by atoms with Gasteiger partial charge in [0.2, 0.25) is 0 Å². The van der Waals surface area contributed by atoms with Gasteiger partial charge < -0.3 is 14.4 Å². The van der Waals surface area contributed by atoms with E-state index >= 15 is 0 Å². The van der Waals surface area contributed by atoms with Gasteiger partial charge in [0.05, 0.1) is 25.0 Å². The lowest BCUT2D eigenvalue weighted by Gasteiger charge is -2.46. The third-order valence-electron chi connectivity index (χ3n) is 10.2. The Labute approximate surface area is 295 Å². The van der Waals surface area contributed by atoms with Crippen LogP contribution in [0.4, 0.5) is 14.5 Å². The molecule has 0 saturated heterocycles. The van der Waals surface area contributed by atoms with Gasteiger partial charge in [0.15, 0.2) is 0 Å². The van der Waals surface area contributed by atoms with Crippen molar-refractivity contribution in [3.63, 3.8) is 0 Å². The fourth-order valence-corrected chi connectivity index (χ4v) is 8.27. The van der Waals surface area contributed by atoms with Crippen LogP contribution < -0.4 is 14.4 Å². The van der Waals surface area contributed by atoms with Crippen molar-refractivity contribution in [1.82, 2.24) is 4.72 Å². The first-order chi connectivity index (χ1) is 23.5. The Morgan fingerprint density at radius 1 is 1.14 bits per heavy atom. The fraction of sp³-hybridized carbons (Fsp3) is 0.462. The van der Waals surface area contributed by atoms with Crippen molar-refractivity contribution in [3.05, 3.63) is 106 Å². The van der Waals surface area contributed by atoms with Gasteiger partial charge in [0.1, 0.15) is 28.4 Å². The number of ether oxygens (including phenoxy) is 2. The molecule has 1 spiro atoms. The molecule has 1 fully saturated rings. The zero-order chi connectivity index (χ0) is 34.7. The van der Waals surface area contributed by atoms with Crippen LogP contribution in [-0.4, -0.2) is 41.2 Å². The van der Waals surface area contributed by atoms with Crippen LogP contribution in [0.2, 0.25) is 5.02 Å². The monoisotopic (exact) mass is 710 g/mol. The number of hydrogen-bond donors (Lipinski definition) is 1. The molecule has 0 radical (unpaired) electrons. The summed E-state index contributed by atoms with van der Waals surface area (Å²) < 4.78 is 56.0. The van der Waals surface area contributed by atoms with E-state index in [-0.39, 0.29) is 41.1 Å². The van der Waals surface area contributed by atoms with E-state index in [1.54, 1.807) is 19.9 Å². The minimum atomic E-state index is -1.50. The highest BCUT2D eigenvalue weighted by Gasteiger charge is 2.44. The second-order valence-electron chi connectivity index (χ2n) is 14.0. The van der Waals surface area contributed by atoms with Crippen LogP contribution in [0.15, 0.2) is 66.7 Å². The molecule has 3 aliphatic rings. The van der Waals surface area contributed by atoms with Crippen molar-refractivity contribution < 1.29 is 27.3 Å². The highest BCUT2D eigenvalue weighted by molar-refractivity contribution is 7.84. The first kappa shape index (κ1) is 35.6. The van der Waals surface area contributed by atoms with Gasteiger partial charge >= 0.3 is 0 Å². The summed E-state index contributed by atoms with van der Waals surface area (Å²) in [4.78, 5) is 15.6. The highest BCUT2D eigenvalue weighted by Crippen LogP contribution is 2.47. The number of carbonyl (C=O) groups excluding carboxylic acids is 1. The summed E-state index contributed by atoms with van der Waals surface area (Å²) in [5.74, 6) is -0.458. The standard InChI is InChI=1S/C39H45ClF2N2O4S/c1-4-5-8-36(47-22-26-16-31(41)20-32(42)17-26)33-12-9-29(33)21-44-23-39(15-6-7-27-18-30(40)11-13-34(27)39)24-48-37-14-10-28(19-35(37)44)38(45)43-49(46)25(2)3/h5,8,10-11,13-14,16-20,25,29,33,36H,4,6-7,9,12,15,21-24H2,1-3H3,(H,43,45)/b8-5+/t29?,33?,36?,39-,49?/m0/s1. The molecule has 1 amide bonds. The molecule has 2 aliphatic carbocycles. The van der Waals surface area contributed by atoms with Gasteiger partial charge in [0, 0.05) is 40.4 Å². The lowest BCUT2D eigenvalue weighted by molar-refractivity contribution is -0.0227. The minimum absolute atomic E-state index is 0.107. The van der Waals surface area contributed by atoms with E-state index < -0.39 is 22.6 Å². The molecule has 0 aromatic heterocycles. The molecular weight excluding hydrogens is 666 g/mol. The summed E-state index contributed by atoms with van der Waals surface area (Å²) in [6.07, 6.45) is 9.70. The van der Waals surface area contributed by atoms with E-state index in [9.17, 15) is 17.8 Å². The summed E-state index contributed by atoms with van der Waals surface area (Å²) in [5.41, 5.74) is 3.95. The van der Waals surface area contributed by atoms with E-state index in [1.807, 2.05) is 18.2 Å². The van der Waals surface area contributed by atoms with Gasteiger partial charge in [-0.25, -0.2) is 13.0 Å². The van der Waals surface area contributed by atoms with Crippen LogP contribution in [-0.2, 0) is 34.2 Å². The SMILES string of the molecule is CC/C=C/C(OCc1cc(F)cc(F)c1)C1CCC1CN1C[C@@]2(CCCc3cc(Cl)ccc32)COc2ccc(C(=O)NS(=O)C(C)C)cc21. The summed E-state index contributed by atoms with van der Waals surface area (Å²) in [5, 5.41) is 0.515. The summed E-state index contributed by atoms with van der Waals surface area (Å²) >= 11 is 6.44. The topological polar surface area (TPSA) is 67.9 Å². The van der Waals surface area contributed by atoms with E-state index in [4.69, 9.17) is 21.1 Å². The van der Waals surface area contributed by atoms with Crippen molar-refractivity contribution >= 4 is 34.2 Å². The van der Waals surface area contributed by atoms with Crippen molar-refractivity contribution in [2.45, 2.75) is 82.7 Å². The van der Waals surface area contributed by atoms with Crippen molar-refractivity contribution in [3.8, 4) is 5.75 Å². The van der Waals surface area contributed by atoms with Crippen LogP contribution in [0.1, 0.15) is 79.9 Å². The first-order valence-corrected chi connectivity index (χ1v) is 18.9. The average molecular weight is 711 g/mol. The zero-order valence-corrected chi connectivity index (χ0v) is 29.9. The van der Waals surface area contributed by atoms with Gasteiger partial charge in [-0.15, -0.1) is 0 Å². The molecule has 1 N–H and O–H groups in total. The predicted molar refractivity (Wildman–Crippen MR) is 192 cm³/mol. The number of allylic oxidation sites excluding steroid dienone is 1. The van der Waals surface area contributed by atoms with Crippen LogP contribution in [0.3, 0.4) is 0 Å². The smallest absolute Gasteiger partial charge is 0.263 e. The Morgan fingerprint density at radius 3 is 2.65 bits per heavy atom. The molecule has 4 unspecified atom stereocenters.